The van der Waals surface area contributed by atoms with Gasteiger partial charge in [0, 0.05) is 39.4 Å². The Hall–Kier alpha value is -2.85. The number of hydrogen-bond donors (Lipinski definition) is 0. The molecule has 4 heteroatoms. The molecule has 3 nitrogen and oxygen atoms in total. The van der Waals surface area contributed by atoms with Crippen LogP contribution in [0.1, 0.15) is 0 Å². The molecular weight excluding hydrogens is 302 g/mol. The van der Waals surface area contributed by atoms with Gasteiger partial charge in [-0.3, -0.25) is 15.0 Å². The Morgan fingerprint density at radius 3 is 2.61 bits per heavy atom. The Bertz CT molecular complexity index is 1170. The molecule has 0 aliphatic carbocycles. The predicted molar refractivity (Wildman–Crippen MR) is 95.7 cm³/mol. The molecule has 0 radical (unpaired) electrons. The van der Waals surface area contributed by atoms with E-state index in [1.54, 1.807) is 23.7 Å². The van der Waals surface area contributed by atoms with Crippen molar-refractivity contribution in [2.45, 2.75) is 0 Å². The third-order valence-corrected chi connectivity index (χ3v) is 5.16. The zero-order chi connectivity index (χ0) is 15.2. The number of pyridine rings is 3. The second kappa shape index (κ2) is 4.83. The van der Waals surface area contributed by atoms with E-state index in [9.17, 15) is 0 Å². The lowest BCUT2D eigenvalue weighted by atomic mass is 10.1. The van der Waals surface area contributed by atoms with Crippen LogP contribution in [-0.2, 0) is 0 Å². The molecule has 1 aromatic carbocycles. The first-order chi connectivity index (χ1) is 11.4. The van der Waals surface area contributed by atoms with Gasteiger partial charge in [0.15, 0.2) is 0 Å². The molecule has 108 valence electrons. The van der Waals surface area contributed by atoms with Crippen molar-refractivity contribution < 1.29 is 0 Å². The summed E-state index contributed by atoms with van der Waals surface area (Å²) in [6.45, 7) is 0. The maximum atomic E-state index is 4.64. The fourth-order valence-electron chi connectivity index (χ4n) is 2.97. The average molecular weight is 313 g/mol. The number of hydrogen-bond acceptors (Lipinski definition) is 4. The molecular formula is C19H11N3S. The highest BCUT2D eigenvalue weighted by Crippen LogP contribution is 2.35. The van der Waals surface area contributed by atoms with Gasteiger partial charge in [-0.25, -0.2) is 0 Å². The van der Waals surface area contributed by atoms with Crippen molar-refractivity contribution in [2.24, 2.45) is 0 Å². The predicted octanol–water partition coefficient (Wildman–Crippen LogP) is 5.06. The van der Waals surface area contributed by atoms with Crippen molar-refractivity contribution >= 4 is 42.4 Å². The van der Waals surface area contributed by atoms with Crippen molar-refractivity contribution in [3.63, 3.8) is 0 Å². The summed E-state index contributed by atoms with van der Waals surface area (Å²) in [6.07, 6.45) is 5.55. The van der Waals surface area contributed by atoms with Crippen LogP contribution < -0.4 is 0 Å². The van der Waals surface area contributed by atoms with Crippen LogP contribution >= 0.6 is 11.3 Å². The maximum absolute atomic E-state index is 4.64. The summed E-state index contributed by atoms with van der Waals surface area (Å²) in [5.41, 5.74) is 2.71. The molecule has 0 amide bonds. The Morgan fingerprint density at radius 1 is 0.696 bits per heavy atom. The van der Waals surface area contributed by atoms with E-state index in [1.807, 2.05) is 24.4 Å². The molecule has 0 fully saturated rings. The van der Waals surface area contributed by atoms with Crippen LogP contribution in [0.5, 0.6) is 0 Å². The van der Waals surface area contributed by atoms with Gasteiger partial charge in [-0.1, -0.05) is 18.2 Å². The van der Waals surface area contributed by atoms with Gasteiger partial charge in [0.1, 0.15) is 0 Å². The van der Waals surface area contributed by atoms with Gasteiger partial charge in [0.25, 0.3) is 0 Å². The molecule has 4 heterocycles. The summed E-state index contributed by atoms with van der Waals surface area (Å²) in [5.74, 6) is 0. The number of rotatable bonds is 1. The van der Waals surface area contributed by atoms with Crippen molar-refractivity contribution in [3.05, 3.63) is 67.1 Å². The minimum Gasteiger partial charge on any atom is -0.256 e. The number of aromatic nitrogens is 3. The summed E-state index contributed by atoms with van der Waals surface area (Å²) in [5, 5.41) is 3.54. The summed E-state index contributed by atoms with van der Waals surface area (Å²) in [6, 6.07) is 16.5. The van der Waals surface area contributed by atoms with E-state index in [4.69, 9.17) is 0 Å². The van der Waals surface area contributed by atoms with Crippen LogP contribution in [0.2, 0.25) is 0 Å². The third-order valence-electron chi connectivity index (χ3n) is 4.04. The molecule has 0 aliphatic heterocycles. The average Bonchev–Trinajstić information content (AvgIpc) is 2.99. The monoisotopic (exact) mass is 313 g/mol. The molecule has 5 aromatic rings. The zero-order valence-electron chi connectivity index (χ0n) is 12.1. The van der Waals surface area contributed by atoms with Crippen LogP contribution in [0, 0.1) is 0 Å². The highest BCUT2D eigenvalue weighted by Gasteiger charge is 2.10. The van der Waals surface area contributed by atoms with E-state index < -0.39 is 0 Å². The number of fused-ring (bicyclic) bond motifs is 4. The third kappa shape index (κ3) is 1.92. The number of nitrogens with zero attached hydrogens (tertiary/aromatic N) is 3. The van der Waals surface area contributed by atoms with E-state index in [0.29, 0.717) is 0 Å². The molecule has 0 saturated carbocycles. The van der Waals surface area contributed by atoms with Gasteiger partial charge in [-0.2, -0.15) is 0 Å². The van der Waals surface area contributed by atoms with E-state index in [-0.39, 0.29) is 0 Å². The first-order valence-corrected chi connectivity index (χ1v) is 8.19. The van der Waals surface area contributed by atoms with Crippen molar-refractivity contribution in [1.29, 1.82) is 0 Å². The standard InChI is InChI=1S/C19H11N3S/c1-2-6-17-12(4-1)14-10-16(22-11-18(14)23-17)19-13-5-3-8-20-15(13)7-9-21-19/h1-11H. The fraction of sp³-hybridized carbons (Fsp3) is 0. The first kappa shape index (κ1) is 12.7. The second-order valence-electron chi connectivity index (χ2n) is 5.39. The Balaban J connectivity index is 1.84. The van der Waals surface area contributed by atoms with E-state index in [0.717, 1.165) is 22.3 Å². The number of thiophene rings is 1. The smallest absolute Gasteiger partial charge is 0.0980 e. The van der Waals surface area contributed by atoms with Gasteiger partial charge < -0.3 is 0 Å². The summed E-state index contributed by atoms with van der Waals surface area (Å²) < 4.78 is 2.49. The zero-order valence-corrected chi connectivity index (χ0v) is 12.9. The van der Waals surface area contributed by atoms with Crippen LogP contribution in [0.3, 0.4) is 0 Å². The lowest BCUT2D eigenvalue weighted by Gasteiger charge is -2.04. The first-order valence-electron chi connectivity index (χ1n) is 7.37. The van der Waals surface area contributed by atoms with Gasteiger partial charge in [-0.05, 0) is 30.3 Å². The molecule has 0 unspecified atom stereocenters. The minimum atomic E-state index is 0.882. The van der Waals surface area contributed by atoms with Crippen LogP contribution in [0.4, 0.5) is 0 Å². The molecule has 4 aromatic heterocycles. The lowest BCUT2D eigenvalue weighted by molar-refractivity contribution is 1.27. The molecule has 0 saturated heterocycles. The second-order valence-corrected chi connectivity index (χ2v) is 6.48. The Morgan fingerprint density at radius 2 is 1.61 bits per heavy atom. The van der Waals surface area contributed by atoms with Crippen LogP contribution in [0.25, 0.3) is 42.5 Å². The highest BCUT2D eigenvalue weighted by molar-refractivity contribution is 7.25. The van der Waals surface area contributed by atoms with E-state index >= 15 is 0 Å². The molecule has 0 atom stereocenters. The van der Waals surface area contributed by atoms with E-state index in [1.165, 1.54) is 20.2 Å². The van der Waals surface area contributed by atoms with Gasteiger partial charge in [0.05, 0.1) is 21.6 Å². The topological polar surface area (TPSA) is 38.7 Å². The lowest BCUT2D eigenvalue weighted by Crippen LogP contribution is -1.89. The number of benzene rings is 1. The molecule has 0 N–H and O–H groups in total. The summed E-state index contributed by atoms with van der Waals surface area (Å²) in [7, 11) is 0. The van der Waals surface area contributed by atoms with Crippen molar-refractivity contribution in [3.8, 4) is 11.4 Å². The minimum absolute atomic E-state index is 0.882. The fourth-order valence-corrected chi connectivity index (χ4v) is 4.02. The highest BCUT2D eigenvalue weighted by atomic mass is 32.1. The summed E-state index contributed by atoms with van der Waals surface area (Å²) >= 11 is 1.77. The summed E-state index contributed by atoms with van der Waals surface area (Å²) in [4.78, 5) is 13.6. The molecule has 0 aliphatic rings. The SMILES string of the molecule is c1ccc2c(c1)sc1cnc(-c3nccc4ncccc34)cc12. The molecule has 0 spiro atoms. The van der Waals surface area contributed by atoms with Crippen LogP contribution in [-0.4, -0.2) is 15.0 Å². The maximum Gasteiger partial charge on any atom is 0.0980 e. The van der Waals surface area contributed by atoms with Gasteiger partial charge in [0.2, 0.25) is 0 Å². The van der Waals surface area contributed by atoms with E-state index in [2.05, 4.69) is 45.3 Å². The largest absolute Gasteiger partial charge is 0.256 e. The van der Waals surface area contributed by atoms with Gasteiger partial charge in [-0.15, -0.1) is 11.3 Å². The Labute approximate surface area is 136 Å². The molecule has 5 rings (SSSR count). The molecule has 0 bridgehead atoms. The Kier molecular flexibility index (Phi) is 2.66. The van der Waals surface area contributed by atoms with Crippen LogP contribution in [0.15, 0.2) is 67.1 Å². The van der Waals surface area contributed by atoms with Crippen molar-refractivity contribution in [2.75, 3.05) is 0 Å². The quantitative estimate of drug-likeness (QED) is 0.434. The van der Waals surface area contributed by atoms with Gasteiger partial charge >= 0.3 is 0 Å². The molecule has 23 heavy (non-hydrogen) atoms. The normalized spacial score (nSPS) is 11.5. The van der Waals surface area contributed by atoms with Crippen molar-refractivity contribution in [1.82, 2.24) is 15.0 Å².